The highest BCUT2D eigenvalue weighted by atomic mass is 16.1. The molecule has 1 amide bonds. The Morgan fingerprint density at radius 2 is 2.00 bits per heavy atom. The minimum absolute atomic E-state index is 0.242. The highest BCUT2D eigenvalue weighted by Gasteiger charge is 2.31. The zero-order valence-electron chi connectivity index (χ0n) is 14.7. The maximum Gasteiger partial charge on any atom is 0.237 e. The number of amides is 1. The molecular weight excluding hydrogens is 262 g/mol. The first-order valence-corrected chi connectivity index (χ1v) is 8.45. The van der Waals surface area contributed by atoms with Gasteiger partial charge in [-0.15, -0.1) is 0 Å². The van der Waals surface area contributed by atoms with Crippen LogP contribution in [0, 0.1) is 5.41 Å². The summed E-state index contributed by atoms with van der Waals surface area (Å²) in [7, 11) is 0. The second-order valence-electron chi connectivity index (χ2n) is 7.96. The second-order valence-corrected chi connectivity index (χ2v) is 7.96. The number of rotatable bonds is 7. The van der Waals surface area contributed by atoms with Crippen molar-refractivity contribution in [1.29, 1.82) is 0 Å². The van der Waals surface area contributed by atoms with Crippen LogP contribution in [-0.2, 0) is 4.79 Å². The summed E-state index contributed by atoms with van der Waals surface area (Å²) in [6, 6.07) is 0.265. The Bertz CT molecular complexity index is 341. The second kappa shape index (κ2) is 7.59. The Kier molecular flexibility index (Phi) is 6.67. The summed E-state index contributed by atoms with van der Waals surface area (Å²) in [4.78, 5) is 14.3. The predicted molar refractivity (Wildman–Crippen MR) is 89.2 cm³/mol. The van der Waals surface area contributed by atoms with E-state index in [9.17, 15) is 4.79 Å². The van der Waals surface area contributed by atoms with Crippen LogP contribution >= 0.6 is 0 Å². The summed E-state index contributed by atoms with van der Waals surface area (Å²) in [5.41, 5.74) is 5.48. The number of carbonyl (C=O) groups is 1. The van der Waals surface area contributed by atoms with Crippen LogP contribution in [0.2, 0.25) is 0 Å². The Hall–Kier alpha value is -0.610. The molecule has 0 spiro atoms. The lowest BCUT2D eigenvalue weighted by molar-refractivity contribution is -0.124. The molecule has 124 valence electrons. The number of hydrogen-bond donors (Lipinski definition) is 2. The highest BCUT2D eigenvalue weighted by molar-refractivity contribution is 5.84. The van der Waals surface area contributed by atoms with Crippen LogP contribution in [0.5, 0.6) is 0 Å². The van der Waals surface area contributed by atoms with Gasteiger partial charge < -0.3 is 16.0 Å². The number of nitrogens with zero attached hydrogens (tertiary/aromatic N) is 1. The van der Waals surface area contributed by atoms with Gasteiger partial charge in [0.25, 0.3) is 0 Å². The van der Waals surface area contributed by atoms with E-state index >= 15 is 0 Å². The molecule has 1 unspecified atom stereocenters. The summed E-state index contributed by atoms with van der Waals surface area (Å²) in [6.07, 6.45) is 5.69. The fourth-order valence-electron chi connectivity index (χ4n) is 3.26. The van der Waals surface area contributed by atoms with Gasteiger partial charge in [-0.25, -0.2) is 0 Å². The van der Waals surface area contributed by atoms with Crippen molar-refractivity contribution in [2.45, 2.75) is 78.3 Å². The summed E-state index contributed by atoms with van der Waals surface area (Å²) < 4.78 is 0. The first-order chi connectivity index (χ1) is 9.65. The van der Waals surface area contributed by atoms with Gasteiger partial charge >= 0.3 is 0 Å². The number of likely N-dealkylation sites (tertiary alicyclic amines) is 1. The van der Waals surface area contributed by atoms with Crippen molar-refractivity contribution in [2.24, 2.45) is 11.1 Å². The van der Waals surface area contributed by atoms with Crippen molar-refractivity contribution in [2.75, 3.05) is 19.6 Å². The zero-order valence-corrected chi connectivity index (χ0v) is 14.7. The van der Waals surface area contributed by atoms with Crippen molar-refractivity contribution in [3.63, 3.8) is 0 Å². The standard InChI is InChI=1S/C17H35N3O/c1-14(2)19-17(5,15(18)21)9-7-12-20-11-6-8-16(3,4)10-13-20/h14,19H,6-13H2,1-5H3,(H2,18,21). The zero-order chi connectivity index (χ0) is 16.1. The van der Waals surface area contributed by atoms with Crippen molar-refractivity contribution >= 4 is 5.91 Å². The van der Waals surface area contributed by atoms with Gasteiger partial charge in [0.05, 0.1) is 5.54 Å². The lowest BCUT2D eigenvalue weighted by Gasteiger charge is -2.31. The Morgan fingerprint density at radius 1 is 1.33 bits per heavy atom. The van der Waals surface area contributed by atoms with Gasteiger partial charge in [0, 0.05) is 6.04 Å². The van der Waals surface area contributed by atoms with Crippen LogP contribution in [-0.4, -0.2) is 42.0 Å². The smallest absolute Gasteiger partial charge is 0.237 e. The van der Waals surface area contributed by atoms with E-state index in [-0.39, 0.29) is 11.9 Å². The van der Waals surface area contributed by atoms with E-state index in [0.717, 1.165) is 19.4 Å². The van der Waals surface area contributed by atoms with Crippen LogP contribution in [0.3, 0.4) is 0 Å². The minimum Gasteiger partial charge on any atom is -0.368 e. The molecule has 4 heteroatoms. The molecule has 1 fully saturated rings. The number of carbonyl (C=O) groups excluding carboxylic acids is 1. The van der Waals surface area contributed by atoms with Crippen LogP contribution in [0.25, 0.3) is 0 Å². The van der Waals surface area contributed by atoms with E-state index in [4.69, 9.17) is 5.73 Å². The van der Waals surface area contributed by atoms with Crippen LogP contribution in [0.1, 0.15) is 66.7 Å². The number of primary amides is 1. The molecule has 0 aromatic heterocycles. The fourth-order valence-corrected chi connectivity index (χ4v) is 3.26. The van der Waals surface area contributed by atoms with Crippen molar-refractivity contribution in [3.05, 3.63) is 0 Å². The molecule has 4 nitrogen and oxygen atoms in total. The molecule has 0 saturated carbocycles. The van der Waals surface area contributed by atoms with Crippen LogP contribution < -0.4 is 11.1 Å². The van der Waals surface area contributed by atoms with Crippen LogP contribution in [0.4, 0.5) is 0 Å². The van der Waals surface area contributed by atoms with E-state index in [1.807, 2.05) is 6.92 Å². The molecule has 0 aromatic rings. The number of nitrogens with one attached hydrogen (secondary N) is 1. The SMILES string of the molecule is CC(C)NC(C)(CCCN1CCCC(C)(C)CC1)C(N)=O. The van der Waals surface area contributed by atoms with Gasteiger partial charge in [-0.3, -0.25) is 4.79 Å². The maximum atomic E-state index is 11.7. The predicted octanol–water partition coefficient (Wildman–Crippen LogP) is 2.52. The molecule has 1 saturated heterocycles. The largest absolute Gasteiger partial charge is 0.368 e. The lowest BCUT2D eigenvalue weighted by atomic mass is 9.85. The van der Waals surface area contributed by atoms with Gasteiger partial charge in [-0.2, -0.15) is 0 Å². The Balaban J connectivity index is 2.42. The molecule has 0 radical (unpaired) electrons. The first-order valence-electron chi connectivity index (χ1n) is 8.45. The molecular formula is C17H35N3O. The van der Waals surface area contributed by atoms with Gasteiger partial charge in [-0.1, -0.05) is 13.8 Å². The normalized spacial score (nSPS) is 22.8. The van der Waals surface area contributed by atoms with Gasteiger partial charge in [0.1, 0.15) is 0 Å². The van der Waals surface area contributed by atoms with E-state index in [1.165, 1.54) is 32.4 Å². The third kappa shape index (κ3) is 6.35. The Morgan fingerprint density at radius 3 is 2.57 bits per heavy atom. The molecule has 21 heavy (non-hydrogen) atoms. The molecule has 1 atom stereocenters. The van der Waals surface area contributed by atoms with Crippen molar-refractivity contribution in [1.82, 2.24) is 10.2 Å². The van der Waals surface area contributed by atoms with Gasteiger partial charge in [-0.05, 0) is 77.9 Å². The van der Waals surface area contributed by atoms with E-state index < -0.39 is 5.54 Å². The average molecular weight is 297 g/mol. The Labute approximate surface area is 130 Å². The molecule has 1 heterocycles. The molecule has 1 rings (SSSR count). The molecule has 0 bridgehead atoms. The average Bonchev–Trinajstić information content (AvgIpc) is 2.50. The quantitative estimate of drug-likeness (QED) is 0.759. The number of nitrogens with two attached hydrogens (primary N) is 1. The maximum absolute atomic E-state index is 11.7. The topological polar surface area (TPSA) is 58.4 Å². The summed E-state index contributed by atoms with van der Waals surface area (Å²) in [5.74, 6) is -0.242. The molecule has 1 aliphatic rings. The van der Waals surface area contributed by atoms with E-state index in [1.54, 1.807) is 0 Å². The van der Waals surface area contributed by atoms with Crippen molar-refractivity contribution < 1.29 is 4.79 Å². The fraction of sp³-hybridized carbons (Fsp3) is 0.941. The lowest BCUT2D eigenvalue weighted by Crippen LogP contribution is -2.55. The number of hydrogen-bond acceptors (Lipinski definition) is 3. The monoisotopic (exact) mass is 297 g/mol. The van der Waals surface area contributed by atoms with Gasteiger partial charge in [0.2, 0.25) is 5.91 Å². The highest BCUT2D eigenvalue weighted by Crippen LogP contribution is 2.29. The molecule has 0 aromatic carbocycles. The summed E-state index contributed by atoms with van der Waals surface area (Å²) in [6.45, 7) is 14.2. The van der Waals surface area contributed by atoms with E-state index in [0.29, 0.717) is 5.41 Å². The summed E-state index contributed by atoms with van der Waals surface area (Å²) >= 11 is 0. The molecule has 0 aliphatic carbocycles. The minimum atomic E-state index is -0.584. The molecule has 3 N–H and O–H groups in total. The molecule has 1 aliphatic heterocycles. The third-order valence-corrected chi connectivity index (χ3v) is 4.73. The van der Waals surface area contributed by atoms with Gasteiger partial charge in [0.15, 0.2) is 0 Å². The summed E-state index contributed by atoms with van der Waals surface area (Å²) in [5, 5.41) is 3.33. The third-order valence-electron chi connectivity index (χ3n) is 4.73. The first kappa shape index (κ1) is 18.4. The van der Waals surface area contributed by atoms with Crippen molar-refractivity contribution in [3.8, 4) is 0 Å². The van der Waals surface area contributed by atoms with E-state index in [2.05, 4.69) is 37.9 Å². The van der Waals surface area contributed by atoms with Crippen LogP contribution in [0.15, 0.2) is 0 Å².